The number of carbonyl (C=O) groups excluding carboxylic acids is 1. The average Bonchev–Trinajstić information content (AvgIpc) is 2.85. The maximum absolute atomic E-state index is 14.3. The van der Waals surface area contributed by atoms with Gasteiger partial charge in [0.25, 0.3) is 5.91 Å². The van der Waals surface area contributed by atoms with Crippen LogP contribution in [0.3, 0.4) is 0 Å². The summed E-state index contributed by atoms with van der Waals surface area (Å²) in [5, 5.41) is 2.42. The molecule has 0 aliphatic heterocycles. The van der Waals surface area contributed by atoms with Gasteiger partial charge in [-0.2, -0.15) is 13.2 Å². The van der Waals surface area contributed by atoms with Crippen LogP contribution in [0.25, 0.3) is 0 Å². The van der Waals surface area contributed by atoms with Gasteiger partial charge in [-0.3, -0.25) is 14.9 Å². The van der Waals surface area contributed by atoms with Gasteiger partial charge in [0.1, 0.15) is 11.5 Å². The summed E-state index contributed by atoms with van der Waals surface area (Å²) in [6, 6.07) is 24.7. The maximum atomic E-state index is 14.3. The molecule has 0 heterocycles. The van der Waals surface area contributed by atoms with Crippen LogP contribution in [0.2, 0.25) is 0 Å². The maximum Gasteiger partial charge on any atom is 0.416 e. The van der Waals surface area contributed by atoms with Crippen LogP contribution in [0.4, 0.5) is 13.2 Å². The standard InChI is InChI=1S/C26H27F3N2O3S/c1-2-17-30-25(26(27,28)29,24(32)31-33-18-20-9-5-3-6-10-20)19-35-23-15-13-22(14-16-23)34-21-11-7-4-8-12-21/h3-16,30H,2,17-19H2,1H3,(H,31,32). The Morgan fingerprint density at radius 1 is 0.886 bits per heavy atom. The number of hydrogen-bond acceptors (Lipinski definition) is 5. The van der Waals surface area contributed by atoms with Gasteiger partial charge in [0, 0.05) is 10.6 Å². The van der Waals surface area contributed by atoms with Gasteiger partial charge in [-0.25, -0.2) is 5.48 Å². The van der Waals surface area contributed by atoms with Crippen molar-refractivity contribution in [1.82, 2.24) is 10.8 Å². The second kappa shape index (κ2) is 12.6. The van der Waals surface area contributed by atoms with Gasteiger partial charge in [-0.1, -0.05) is 55.5 Å². The van der Waals surface area contributed by atoms with Crippen LogP contribution >= 0.6 is 11.8 Å². The predicted molar refractivity (Wildman–Crippen MR) is 130 cm³/mol. The Morgan fingerprint density at radius 3 is 2.09 bits per heavy atom. The van der Waals surface area contributed by atoms with Crippen LogP contribution in [-0.2, 0) is 16.2 Å². The SMILES string of the molecule is CCCNC(CSc1ccc(Oc2ccccc2)cc1)(C(=O)NOCc1ccccc1)C(F)(F)F. The highest BCUT2D eigenvalue weighted by atomic mass is 32.2. The van der Waals surface area contributed by atoms with Gasteiger partial charge in [0.15, 0.2) is 0 Å². The first-order chi connectivity index (χ1) is 16.8. The summed E-state index contributed by atoms with van der Waals surface area (Å²) in [7, 11) is 0. The van der Waals surface area contributed by atoms with Crippen molar-refractivity contribution in [3.05, 3.63) is 90.5 Å². The van der Waals surface area contributed by atoms with Crippen molar-refractivity contribution in [2.45, 2.75) is 36.6 Å². The molecule has 0 aromatic heterocycles. The summed E-state index contributed by atoms with van der Waals surface area (Å²) < 4.78 is 48.6. The molecule has 3 aromatic rings. The van der Waals surface area contributed by atoms with Crippen LogP contribution in [0.1, 0.15) is 18.9 Å². The molecular formula is C26H27F3N2O3S. The smallest absolute Gasteiger partial charge is 0.416 e. The second-order valence-electron chi connectivity index (χ2n) is 7.71. The van der Waals surface area contributed by atoms with Crippen LogP contribution in [0, 0.1) is 0 Å². The number of rotatable bonds is 12. The molecule has 0 saturated heterocycles. The molecule has 3 rings (SSSR count). The first kappa shape index (κ1) is 26.6. The van der Waals surface area contributed by atoms with E-state index in [4.69, 9.17) is 9.57 Å². The molecule has 1 amide bonds. The normalized spacial score (nSPS) is 13.1. The fourth-order valence-corrected chi connectivity index (χ4v) is 4.22. The Labute approximate surface area is 207 Å². The Bertz CT molecular complexity index is 1050. The molecule has 9 heteroatoms. The lowest BCUT2D eigenvalue weighted by atomic mass is 10.0. The van der Waals surface area contributed by atoms with E-state index >= 15 is 0 Å². The number of para-hydroxylation sites is 1. The fraction of sp³-hybridized carbons (Fsp3) is 0.269. The highest BCUT2D eigenvalue weighted by Crippen LogP contribution is 2.36. The molecule has 35 heavy (non-hydrogen) atoms. The lowest BCUT2D eigenvalue weighted by molar-refractivity contribution is -0.201. The largest absolute Gasteiger partial charge is 0.457 e. The molecule has 0 aliphatic rings. The van der Waals surface area contributed by atoms with Crippen molar-refractivity contribution < 1.29 is 27.5 Å². The lowest BCUT2D eigenvalue weighted by Gasteiger charge is -2.34. The van der Waals surface area contributed by atoms with Crippen LogP contribution < -0.4 is 15.5 Å². The Balaban J connectivity index is 1.69. The number of thioether (sulfide) groups is 1. The highest BCUT2D eigenvalue weighted by molar-refractivity contribution is 7.99. The number of nitrogens with one attached hydrogen (secondary N) is 2. The van der Waals surface area contributed by atoms with Gasteiger partial charge >= 0.3 is 6.18 Å². The van der Waals surface area contributed by atoms with Gasteiger partial charge in [0.2, 0.25) is 5.54 Å². The number of ether oxygens (including phenoxy) is 1. The van der Waals surface area contributed by atoms with E-state index in [1.807, 2.05) is 29.7 Å². The van der Waals surface area contributed by atoms with E-state index in [1.165, 1.54) is 0 Å². The van der Waals surface area contributed by atoms with Crippen molar-refractivity contribution in [2.24, 2.45) is 0 Å². The molecule has 0 aliphatic carbocycles. The average molecular weight is 505 g/mol. The molecule has 2 N–H and O–H groups in total. The first-order valence-electron chi connectivity index (χ1n) is 11.1. The molecule has 0 spiro atoms. The zero-order valence-electron chi connectivity index (χ0n) is 19.2. The monoisotopic (exact) mass is 504 g/mol. The minimum Gasteiger partial charge on any atom is -0.457 e. The van der Waals surface area contributed by atoms with Crippen molar-refractivity contribution in [3.8, 4) is 11.5 Å². The molecular weight excluding hydrogens is 477 g/mol. The number of alkyl halides is 3. The third kappa shape index (κ3) is 7.48. The summed E-state index contributed by atoms with van der Waals surface area (Å²) in [6.07, 6.45) is -4.43. The van der Waals surface area contributed by atoms with Crippen LogP contribution in [0.5, 0.6) is 11.5 Å². The van der Waals surface area contributed by atoms with Crippen molar-refractivity contribution in [2.75, 3.05) is 12.3 Å². The van der Waals surface area contributed by atoms with Gasteiger partial charge < -0.3 is 4.74 Å². The highest BCUT2D eigenvalue weighted by Gasteiger charge is 2.60. The van der Waals surface area contributed by atoms with E-state index in [0.29, 0.717) is 22.8 Å². The summed E-state index contributed by atoms with van der Waals surface area (Å²) >= 11 is 0.923. The number of carbonyl (C=O) groups is 1. The molecule has 0 saturated carbocycles. The van der Waals surface area contributed by atoms with E-state index in [0.717, 1.165) is 17.3 Å². The molecule has 0 fully saturated rings. The molecule has 0 bridgehead atoms. The minimum atomic E-state index is -4.86. The van der Waals surface area contributed by atoms with Crippen LogP contribution in [0.15, 0.2) is 89.8 Å². The van der Waals surface area contributed by atoms with Crippen LogP contribution in [-0.4, -0.2) is 29.9 Å². The van der Waals surface area contributed by atoms with Gasteiger partial charge in [0.05, 0.1) is 6.61 Å². The van der Waals surface area contributed by atoms with Crippen molar-refractivity contribution in [3.63, 3.8) is 0 Å². The lowest BCUT2D eigenvalue weighted by Crippen LogP contribution is -2.67. The zero-order chi connectivity index (χ0) is 25.2. The van der Waals surface area contributed by atoms with Crippen molar-refractivity contribution in [1.29, 1.82) is 0 Å². The molecule has 0 radical (unpaired) electrons. The summed E-state index contributed by atoms with van der Waals surface area (Å²) in [6.45, 7) is 1.69. The quantitative estimate of drug-likeness (QED) is 0.230. The van der Waals surface area contributed by atoms with E-state index in [1.54, 1.807) is 67.6 Å². The number of amides is 1. The summed E-state index contributed by atoms with van der Waals surface area (Å²) in [5.74, 6) is -0.653. The molecule has 3 aromatic carbocycles. The van der Waals surface area contributed by atoms with Gasteiger partial charge in [-0.15, -0.1) is 11.8 Å². The molecule has 186 valence electrons. The van der Waals surface area contributed by atoms with E-state index in [9.17, 15) is 18.0 Å². The Morgan fingerprint density at radius 2 is 1.49 bits per heavy atom. The predicted octanol–water partition coefficient (Wildman–Crippen LogP) is 6.12. The van der Waals surface area contributed by atoms with E-state index in [-0.39, 0.29) is 13.2 Å². The van der Waals surface area contributed by atoms with Crippen molar-refractivity contribution >= 4 is 17.7 Å². The number of hydroxylamine groups is 1. The molecule has 5 nitrogen and oxygen atoms in total. The zero-order valence-corrected chi connectivity index (χ0v) is 20.0. The van der Waals surface area contributed by atoms with E-state index < -0.39 is 23.4 Å². The number of benzene rings is 3. The van der Waals surface area contributed by atoms with Gasteiger partial charge in [-0.05, 0) is 54.9 Å². The topological polar surface area (TPSA) is 59.6 Å². The first-order valence-corrected chi connectivity index (χ1v) is 12.1. The third-order valence-electron chi connectivity index (χ3n) is 5.05. The number of halogens is 3. The Kier molecular flexibility index (Phi) is 9.59. The van der Waals surface area contributed by atoms with E-state index in [2.05, 4.69) is 5.32 Å². The summed E-state index contributed by atoms with van der Waals surface area (Å²) in [4.78, 5) is 18.5. The third-order valence-corrected chi connectivity index (χ3v) is 6.24. The molecule has 1 atom stereocenters. The second-order valence-corrected chi connectivity index (χ2v) is 8.76. The summed E-state index contributed by atoms with van der Waals surface area (Å²) in [5.41, 5.74) is -0.103. The number of hydrogen-bond donors (Lipinski definition) is 2. The Hall–Kier alpha value is -3.01. The fourth-order valence-electron chi connectivity index (χ4n) is 3.11. The minimum absolute atomic E-state index is 0.00995. The molecule has 1 unspecified atom stereocenters.